The Morgan fingerprint density at radius 3 is 2.57 bits per heavy atom. The van der Waals surface area contributed by atoms with Crippen LogP contribution >= 0.6 is 0 Å². The zero-order chi connectivity index (χ0) is 16.0. The molecule has 1 aromatic carbocycles. The third-order valence-electron chi connectivity index (χ3n) is 3.02. The Balaban J connectivity index is 2.87. The molecule has 0 bridgehead atoms. The summed E-state index contributed by atoms with van der Waals surface area (Å²) in [6.07, 6.45) is -2.28. The van der Waals surface area contributed by atoms with E-state index in [0.717, 1.165) is 0 Å². The average Bonchev–Trinajstić information content (AvgIpc) is 2.45. The number of methoxy groups -OCH3 is 1. The molecule has 0 saturated heterocycles. The Morgan fingerprint density at radius 2 is 2.05 bits per heavy atom. The molecule has 1 aromatic rings. The van der Waals surface area contributed by atoms with Crippen molar-refractivity contribution < 1.29 is 24.5 Å². The molecule has 116 valence electrons. The number of carbonyl (C=O) groups excluding carboxylic acids is 2. The number of aliphatic hydroxyl groups is 2. The molecule has 0 aromatic heterocycles. The molecule has 5 N–H and O–H groups in total. The van der Waals surface area contributed by atoms with Gasteiger partial charge in [-0.2, -0.15) is 0 Å². The van der Waals surface area contributed by atoms with Crippen LogP contribution in [-0.2, 0) is 4.79 Å². The second-order valence-electron chi connectivity index (χ2n) is 4.60. The summed E-state index contributed by atoms with van der Waals surface area (Å²) in [6.45, 7) is 1.58. The summed E-state index contributed by atoms with van der Waals surface area (Å²) >= 11 is 0. The van der Waals surface area contributed by atoms with Gasteiger partial charge in [0.2, 0.25) is 11.8 Å². The van der Waals surface area contributed by atoms with Crippen LogP contribution in [0.1, 0.15) is 35.4 Å². The molecule has 2 atom stereocenters. The number of benzene rings is 1. The Morgan fingerprint density at radius 1 is 1.38 bits per heavy atom. The van der Waals surface area contributed by atoms with E-state index in [4.69, 9.17) is 10.5 Å². The molecule has 0 spiro atoms. The number of hydrogen-bond donors (Lipinski definition) is 4. The number of ether oxygens (including phenoxy) is 1. The topological polar surface area (TPSA) is 122 Å². The van der Waals surface area contributed by atoms with Crippen LogP contribution in [0.4, 0.5) is 0 Å². The molecular weight excluding hydrogens is 276 g/mol. The van der Waals surface area contributed by atoms with Crippen molar-refractivity contribution in [2.24, 2.45) is 5.73 Å². The highest BCUT2D eigenvalue weighted by Crippen LogP contribution is 2.26. The maximum absolute atomic E-state index is 11.4. The molecule has 2 unspecified atom stereocenters. The average molecular weight is 296 g/mol. The first kappa shape index (κ1) is 16.9. The number of carbonyl (C=O) groups is 2. The molecule has 7 heteroatoms. The van der Waals surface area contributed by atoms with Crippen molar-refractivity contribution in [1.82, 2.24) is 5.32 Å². The van der Waals surface area contributed by atoms with Crippen LogP contribution in [0.15, 0.2) is 18.2 Å². The second kappa shape index (κ2) is 7.61. The van der Waals surface area contributed by atoms with E-state index < -0.39 is 18.1 Å². The predicted octanol–water partition coefficient (Wildman–Crippen LogP) is -0.285. The minimum absolute atomic E-state index is 0.0837. The fraction of sp³-hybridized carbons (Fsp3) is 0.429. The summed E-state index contributed by atoms with van der Waals surface area (Å²) in [5.74, 6) is -0.525. The minimum Gasteiger partial charge on any atom is -0.497 e. The Hall–Kier alpha value is -2.12. The number of rotatable bonds is 7. The number of primary amides is 1. The van der Waals surface area contributed by atoms with Gasteiger partial charge in [-0.05, 0) is 24.1 Å². The monoisotopic (exact) mass is 296 g/mol. The normalized spacial score (nSPS) is 13.3. The number of hydrogen-bond acceptors (Lipinski definition) is 5. The van der Waals surface area contributed by atoms with Crippen LogP contribution < -0.4 is 15.8 Å². The van der Waals surface area contributed by atoms with Crippen LogP contribution in [0.2, 0.25) is 0 Å². The number of nitrogens with two attached hydrogens (primary N) is 1. The van der Waals surface area contributed by atoms with E-state index in [1.807, 2.05) is 0 Å². The summed E-state index contributed by atoms with van der Waals surface area (Å²) in [6, 6.07) is 4.44. The molecule has 0 aliphatic rings. The van der Waals surface area contributed by atoms with E-state index in [1.165, 1.54) is 26.2 Å². The van der Waals surface area contributed by atoms with Crippen molar-refractivity contribution in [3.8, 4) is 5.75 Å². The van der Waals surface area contributed by atoms with Crippen LogP contribution in [0.25, 0.3) is 0 Å². The first-order valence-corrected chi connectivity index (χ1v) is 6.45. The molecular formula is C14H20N2O5. The van der Waals surface area contributed by atoms with Crippen molar-refractivity contribution in [3.63, 3.8) is 0 Å². The quantitative estimate of drug-likeness (QED) is 0.551. The molecule has 0 radical (unpaired) electrons. The number of nitrogens with one attached hydrogen (secondary N) is 1. The van der Waals surface area contributed by atoms with Crippen molar-refractivity contribution in [2.45, 2.75) is 25.6 Å². The molecule has 0 fully saturated rings. The Kier molecular flexibility index (Phi) is 6.13. The number of aliphatic hydroxyl groups excluding tert-OH is 2. The van der Waals surface area contributed by atoms with Gasteiger partial charge >= 0.3 is 0 Å². The van der Waals surface area contributed by atoms with Crippen molar-refractivity contribution >= 4 is 11.8 Å². The first-order chi connectivity index (χ1) is 9.86. The smallest absolute Gasteiger partial charge is 0.249 e. The van der Waals surface area contributed by atoms with E-state index in [-0.39, 0.29) is 30.0 Å². The maximum Gasteiger partial charge on any atom is 0.249 e. The van der Waals surface area contributed by atoms with Gasteiger partial charge in [0, 0.05) is 19.0 Å². The molecule has 2 amide bonds. The lowest BCUT2D eigenvalue weighted by molar-refractivity contribution is -0.119. The molecule has 0 saturated carbocycles. The third kappa shape index (κ3) is 4.73. The molecule has 1 rings (SSSR count). The summed E-state index contributed by atoms with van der Waals surface area (Å²) < 4.78 is 4.99. The molecule has 0 aliphatic carbocycles. The van der Waals surface area contributed by atoms with Gasteiger partial charge in [0.1, 0.15) is 11.9 Å². The van der Waals surface area contributed by atoms with Gasteiger partial charge in [-0.1, -0.05) is 6.07 Å². The van der Waals surface area contributed by atoms with E-state index in [9.17, 15) is 19.8 Å². The standard InChI is InChI=1S/C14H20N2O5/c1-8(17)16-6-5-12(18)13(19)10-4-3-9(21-2)7-11(10)14(15)20/h3-4,7,12-13,18-19H,5-6H2,1-2H3,(H2,15,20)(H,16,17). The van der Waals surface area contributed by atoms with Crippen LogP contribution in [0.3, 0.4) is 0 Å². The zero-order valence-electron chi connectivity index (χ0n) is 12.0. The fourth-order valence-electron chi connectivity index (χ4n) is 1.89. The van der Waals surface area contributed by atoms with Gasteiger partial charge in [0.15, 0.2) is 0 Å². The lowest BCUT2D eigenvalue weighted by Crippen LogP contribution is -2.28. The lowest BCUT2D eigenvalue weighted by Gasteiger charge is -2.20. The third-order valence-corrected chi connectivity index (χ3v) is 3.02. The predicted molar refractivity (Wildman–Crippen MR) is 75.8 cm³/mol. The largest absolute Gasteiger partial charge is 0.497 e. The molecule has 0 heterocycles. The fourth-order valence-corrected chi connectivity index (χ4v) is 1.89. The Labute approximate surface area is 122 Å². The van der Waals surface area contributed by atoms with Gasteiger partial charge in [-0.15, -0.1) is 0 Å². The van der Waals surface area contributed by atoms with Crippen LogP contribution in [0.5, 0.6) is 5.75 Å². The summed E-state index contributed by atoms with van der Waals surface area (Å²) in [7, 11) is 1.44. The lowest BCUT2D eigenvalue weighted by atomic mass is 9.96. The van der Waals surface area contributed by atoms with E-state index in [1.54, 1.807) is 6.07 Å². The maximum atomic E-state index is 11.4. The highest BCUT2D eigenvalue weighted by molar-refractivity contribution is 5.95. The van der Waals surface area contributed by atoms with E-state index in [2.05, 4.69) is 5.32 Å². The van der Waals surface area contributed by atoms with Gasteiger partial charge in [0.25, 0.3) is 0 Å². The van der Waals surface area contributed by atoms with E-state index >= 15 is 0 Å². The van der Waals surface area contributed by atoms with Gasteiger partial charge in [0.05, 0.1) is 13.2 Å². The zero-order valence-corrected chi connectivity index (χ0v) is 12.0. The second-order valence-corrected chi connectivity index (χ2v) is 4.60. The van der Waals surface area contributed by atoms with Crippen molar-refractivity contribution in [1.29, 1.82) is 0 Å². The molecule has 7 nitrogen and oxygen atoms in total. The van der Waals surface area contributed by atoms with Gasteiger partial charge < -0.3 is 26.0 Å². The SMILES string of the molecule is COc1ccc(C(O)C(O)CCNC(C)=O)c(C(N)=O)c1. The molecule has 21 heavy (non-hydrogen) atoms. The molecule has 0 aliphatic heterocycles. The van der Waals surface area contributed by atoms with Crippen LogP contribution in [-0.4, -0.2) is 41.8 Å². The summed E-state index contributed by atoms with van der Waals surface area (Å²) in [4.78, 5) is 22.2. The number of amides is 2. The minimum atomic E-state index is -1.29. The van der Waals surface area contributed by atoms with Crippen molar-refractivity contribution in [3.05, 3.63) is 29.3 Å². The van der Waals surface area contributed by atoms with Crippen molar-refractivity contribution in [2.75, 3.05) is 13.7 Å². The highest BCUT2D eigenvalue weighted by atomic mass is 16.5. The first-order valence-electron chi connectivity index (χ1n) is 6.45. The van der Waals surface area contributed by atoms with Crippen LogP contribution in [0, 0.1) is 0 Å². The van der Waals surface area contributed by atoms with Gasteiger partial charge in [-0.3, -0.25) is 9.59 Å². The summed E-state index contributed by atoms with van der Waals surface area (Å²) in [5, 5.41) is 22.6. The Bertz CT molecular complexity index is 518. The highest BCUT2D eigenvalue weighted by Gasteiger charge is 2.23. The van der Waals surface area contributed by atoms with Gasteiger partial charge in [-0.25, -0.2) is 0 Å². The van der Waals surface area contributed by atoms with E-state index in [0.29, 0.717) is 5.75 Å². The summed E-state index contributed by atoms with van der Waals surface area (Å²) in [5.41, 5.74) is 5.58.